The summed E-state index contributed by atoms with van der Waals surface area (Å²) in [6, 6.07) is 71.4. The van der Waals surface area contributed by atoms with Crippen molar-refractivity contribution in [2.75, 3.05) is 79.3 Å². The summed E-state index contributed by atoms with van der Waals surface area (Å²) in [6.45, 7) is 56.2. The first-order valence-corrected chi connectivity index (χ1v) is 63.7. The number of pyridine rings is 12. The van der Waals surface area contributed by atoms with E-state index in [9.17, 15) is 20.8 Å². The van der Waals surface area contributed by atoms with Gasteiger partial charge < -0.3 is 0 Å². The van der Waals surface area contributed by atoms with Crippen LogP contribution in [0.15, 0.2) is 293 Å². The molecule has 0 saturated carbocycles. The Balaban J connectivity index is -0.000000368. The molecule has 0 aliphatic rings. The van der Waals surface area contributed by atoms with Crippen molar-refractivity contribution >= 4 is 87.9 Å². The predicted octanol–water partition coefficient (Wildman–Crippen LogP) is -5.97. The molecule has 0 saturated heterocycles. The van der Waals surface area contributed by atoms with Crippen molar-refractivity contribution in [3.63, 3.8) is 0 Å². The van der Waals surface area contributed by atoms with Gasteiger partial charge in [-0.05, 0) is 156 Å². The minimum absolute atomic E-state index is 0.704. The molecule has 54 heteroatoms. The van der Waals surface area contributed by atoms with Crippen molar-refractivity contribution in [3.05, 3.63) is 361 Å². The average Bonchev–Trinajstić information content (AvgIpc) is 0.976. The Morgan fingerprint density at radius 1 is 0.153 bits per heavy atom. The number of aryl methyl sites for hydroxylation is 12. The molecule has 0 fully saturated rings. The van der Waals surface area contributed by atoms with Crippen LogP contribution in [0.4, 0.5) is 20.8 Å². The molecule has 12 heterocycles. The summed E-state index contributed by atoms with van der Waals surface area (Å²) in [6.07, 6.45) is 22.8. The van der Waals surface area contributed by atoms with Crippen LogP contribution in [0.5, 0.6) is 0 Å². The number of rotatable bonds is 24. The van der Waals surface area contributed by atoms with Crippen LogP contribution in [0.1, 0.15) is 151 Å². The molecule has 42 nitrogen and oxygen atoms in total. The zero-order chi connectivity index (χ0) is 116. The van der Waals surface area contributed by atoms with Gasteiger partial charge in [-0.1, -0.05) is 0 Å². The zero-order valence-electron chi connectivity index (χ0n) is 88.8. The van der Waals surface area contributed by atoms with Crippen molar-refractivity contribution in [2.45, 2.75) is 166 Å². The van der Waals surface area contributed by atoms with E-state index in [0.717, 1.165) is 68.3 Å². The number of hydrogen-bond donors (Lipinski definition) is 0. The van der Waals surface area contributed by atoms with E-state index in [2.05, 4.69) is 0 Å². The molecule has 150 heavy (non-hydrogen) atoms. The second-order valence-corrected chi connectivity index (χ2v) is 38.5. The Kier molecular flexibility index (Phi) is 89.9. The third kappa shape index (κ3) is 102. The maximum absolute atomic E-state index is 10.2. The molecular formula is C96H144As6F6N12O30. The second-order valence-electron chi connectivity index (χ2n) is 27.6. The van der Waals surface area contributed by atoms with Gasteiger partial charge in [-0.2, -0.15) is 0 Å². The van der Waals surface area contributed by atoms with E-state index in [4.69, 9.17) is 130 Å². The molecule has 12 aromatic heterocycles. The summed E-state index contributed by atoms with van der Waals surface area (Å²) in [5.74, 6) is 0. The van der Waals surface area contributed by atoms with Crippen molar-refractivity contribution in [1.82, 2.24) is 0 Å². The Hall–Kier alpha value is -11.3. The Labute approximate surface area is 895 Å². The number of halogens is 6. The monoisotopic (exact) mass is 2510 g/mol. The SMILES string of the molecule is CCO[n+]1ccccc1C.CCO[n+]1ccccc1C.CCO[n+]1ccccc1C.CCO[n+]1ccccc1C.CCO[n+]1ccccc1C.CCO[n+]1ccccc1C.CCO[n+]1ccccc1C.CCO[n+]1ccccc1C.CCO[n+]1ccccc1C.CCO[n+]1ccccc1C.CCO[n+]1ccccc1C.CCO[n+]1ccccc1C.O=[As]([O-])([O-])F.O=[As]([O-])([O-])F.O=[As]([O-])([O-])F.O=[As]([O-])([O-])F.O=[As]([O-])([O-])F.O=[As]([O-])([O-])F. The van der Waals surface area contributed by atoms with E-state index in [1.54, 1.807) is 56.8 Å². The maximum atomic E-state index is 10.2. The molecule has 0 unspecified atom stereocenters. The van der Waals surface area contributed by atoms with Crippen LogP contribution in [0.2, 0.25) is 0 Å². The van der Waals surface area contributed by atoms with Gasteiger partial charge in [0.15, 0.2) is 79.3 Å². The summed E-state index contributed by atoms with van der Waals surface area (Å²) in [5, 5.41) is 0. The molecule has 0 spiro atoms. The molecule has 0 atom stereocenters. The van der Waals surface area contributed by atoms with Gasteiger partial charge in [-0.15, -0.1) is 0 Å². The van der Waals surface area contributed by atoms with Crippen molar-refractivity contribution in [1.29, 1.82) is 0 Å². The van der Waals surface area contributed by atoms with Crippen LogP contribution in [0.25, 0.3) is 0 Å². The van der Waals surface area contributed by atoms with E-state index in [0.29, 0.717) is 79.3 Å². The molecule has 12 rings (SSSR count). The molecule has 0 N–H and O–H groups in total. The van der Waals surface area contributed by atoms with Gasteiger partial charge in [-0.25, -0.2) is 0 Å². The topological polar surface area (TPSA) is 536 Å². The van der Waals surface area contributed by atoms with Crippen LogP contribution >= 0.6 is 0 Å². The number of nitrogens with zero attached hydrogens (tertiary/aromatic N) is 12. The van der Waals surface area contributed by atoms with Crippen LogP contribution < -0.4 is 164 Å². The number of hydrogen-bond acceptors (Lipinski definition) is 30. The van der Waals surface area contributed by atoms with Gasteiger partial charge >= 0.3 is 180 Å². The molecule has 840 valence electrons. The van der Waals surface area contributed by atoms with E-state index >= 15 is 0 Å². The molecule has 0 aliphatic carbocycles. The van der Waals surface area contributed by atoms with E-state index in [1.807, 2.05) is 459 Å². The number of aromatic nitrogens is 12. The van der Waals surface area contributed by atoms with E-state index in [-0.39, 0.29) is 0 Å². The molecule has 0 aromatic carbocycles. The second kappa shape index (κ2) is 90.4. The summed E-state index contributed by atoms with van der Waals surface area (Å²) in [4.78, 5) is 63.0. The van der Waals surface area contributed by atoms with Crippen LogP contribution in [0, 0.1) is 83.1 Å². The summed E-state index contributed by atoms with van der Waals surface area (Å²) >= 11 is -36.8. The Morgan fingerprint density at radius 2 is 0.207 bits per heavy atom. The third-order valence-corrected chi connectivity index (χ3v) is 15.4. The first kappa shape index (κ1) is 149. The van der Waals surface area contributed by atoms with Gasteiger partial charge in [0.25, 0.3) is 0 Å². The van der Waals surface area contributed by atoms with Crippen molar-refractivity contribution < 1.29 is 207 Å². The van der Waals surface area contributed by atoms with Crippen LogP contribution in [-0.2, 0) is 22.4 Å². The zero-order valence-corrected chi connectivity index (χ0v) is 100. The van der Waals surface area contributed by atoms with Gasteiger partial charge in [0.05, 0.1) is 0 Å². The molecule has 0 radical (unpaired) electrons. The third-order valence-electron chi connectivity index (χ3n) is 15.4. The summed E-state index contributed by atoms with van der Waals surface area (Å²) in [7, 11) is 0. The fourth-order valence-electron chi connectivity index (χ4n) is 9.57. The van der Waals surface area contributed by atoms with Crippen molar-refractivity contribution in [3.8, 4) is 0 Å². The minimum atomic E-state index is -6.12. The van der Waals surface area contributed by atoms with Crippen molar-refractivity contribution in [2.24, 2.45) is 0 Å². The van der Waals surface area contributed by atoms with Gasteiger partial charge in [0.2, 0.25) is 143 Å². The fourth-order valence-corrected chi connectivity index (χ4v) is 9.57. The van der Waals surface area contributed by atoms with Gasteiger partial charge in [-0.3, -0.25) is 58.1 Å². The van der Waals surface area contributed by atoms with Gasteiger partial charge in [0.1, 0.15) is 0 Å². The predicted molar refractivity (Wildman–Crippen MR) is 507 cm³/mol. The molecular weight excluding hydrogens is 2360 g/mol. The summed E-state index contributed by atoms with van der Waals surface area (Å²) < 4.78 is 235. The first-order valence-electron chi connectivity index (χ1n) is 45.7. The fraction of sp³-hybridized carbons (Fsp3) is 0.375. The molecule has 12 aromatic rings. The standard InChI is InChI=1S/12C8H12NO.6AsFH2O3/c12*1-3-10-9-7-5-4-6-8(9)2;6*2-1(3,4)5/h12*4-7H,3H2,1-2H3;6*(H2,3,4,5)/q12*+1;;;;;;/p-12. The van der Waals surface area contributed by atoms with E-state index < -0.39 is 87.9 Å². The molecule has 0 aliphatic heterocycles. The molecule has 0 amide bonds. The Morgan fingerprint density at radius 3 is 0.247 bits per heavy atom. The summed E-state index contributed by atoms with van der Waals surface area (Å²) in [5.41, 5.74) is 13.4. The molecule has 0 bridgehead atoms. The van der Waals surface area contributed by atoms with Gasteiger partial charge in [0, 0.05) is 285 Å². The normalized spacial score (nSPS) is 9.88. The van der Waals surface area contributed by atoms with E-state index in [1.165, 1.54) is 0 Å². The quantitative estimate of drug-likeness (QED) is 0.0309. The van der Waals surface area contributed by atoms with Crippen LogP contribution in [0.3, 0.4) is 0 Å². The average molecular weight is 2510 g/mol. The Bertz CT molecular complexity index is 4560. The van der Waals surface area contributed by atoms with Crippen LogP contribution in [-0.4, -0.2) is 167 Å². The first-order chi connectivity index (χ1) is 70.1.